The van der Waals surface area contributed by atoms with Crippen LogP contribution in [0, 0.1) is 11.8 Å². The second-order valence-corrected chi connectivity index (χ2v) is 9.06. The molecule has 3 rings (SSSR count). The van der Waals surface area contributed by atoms with Crippen LogP contribution in [0.25, 0.3) is 0 Å². The van der Waals surface area contributed by atoms with Gasteiger partial charge in [0.25, 0.3) is 5.91 Å². The number of carbonyl (C=O) groups is 4. The van der Waals surface area contributed by atoms with Crippen molar-refractivity contribution in [3.05, 3.63) is 60.0 Å². The molecule has 2 heterocycles. The monoisotopic (exact) mass is 516 g/mol. The van der Waals surface area contributed by atoms with Gasteiger partial charge in [-0.3, -0.25) is 19.2 Å². The van der Waals surface area contributed by atoms with E-state index in [4.69, 9.17) is 19.0 Å². The number of esters is 3. The molecule has 1 fully saturated rings. The van der Waals surface area contributed by atoms with E-state index in [-0.39, 0.29) is 12.2 Å². The number of hydrogen-bond acceptors (Lipinski definition) is 10. The number of hydrogen-bond donors (Lipinski definition) is 2. The van der Waals surface area contributed by atoms with Crippen molar-refractivity contribution in [1.82, 2.24) is 10.4 Å². The Bertz CT molecular complexity index is 1050. The van der Waals surface area contributed by atoms with E-state index in [1.807, 2.05) is 30.3 Å². The number of nitrogens with zero attached hydrogens (tertiary/aromatic N) is 1. The normalized spacial score (nSPS) is 26.2. The zero-order chi connectivity index (χ0) is 27.1. The van der Waals surface area contributed by atoms with Gasteiger partial charge in [0.15, 0.2) is 18.2 Å². The summed E-state index contributed by atoms with van der Waals surface area (Å²) in [5.74, 6) is -4.71. The molecule has 11 nitrogen and oxygen atoms in total. The zero-order valence-corrected chi connectivity index (χ0v) is 21.2. The lowest BCUT2D eigenvalue weighted by molar-refractivity contribution is -0.176. The number of benzene rings is 1. The van der Waals surface area contributed by atoms with Crippen LogP contribution in [-0.4, -0.2) is 72.0 Å². The fourth-order valence-corrected chi connectivity index (χ4v) is 3.95. The molecule has 0 aliphatic carbocycles. The van der Waals surface area contributed by atoms with E-state index in [2.05, 4.69) is 5.32 Å². The fourth-order valence-electron chi connectivity index (χ4n) is 3.95. The van der Waals surface area contributed by atoms with E-state index >= 15 is 0 Å². The Kier molecular flexibility index (Phi) is 9.29. The number of rotatable bonds is 7. The molecule has 2 N–H and O–H groups in total. The maximum Gasteiger partial charge on any atom is 0.332 e. The second kappa shape index (κ2) is 12.4. The van der Waals surface area contributed by atoms with Gasteiger partial charge in [0, 0.05) is 6.20 Å². The van der Waals surface area contributed by atoms with Gasteiger partial charge in [-0.25, -0.2) is 9.86 Å². The summed E-state index contributed by atoms with van der Waals surface area (Å²) in [6, 6.07) is 6.45. The van der Waals surface area contributed by atoms with Crippen molar-refractivity contribution in [2.24, 2.45) is 11.8 Å². The van der Waals surface area contributed by atoms with E-state index in [9.17, 15) is 24.3 Å². The molecule has 0 spiro atoms. The Balaban J connectivity index is 1.85. The van der Waals surface area contributed by atoms with Crippen LogP contribution in [-0.2, 0) is 44.6 Å². The molecule has 1 amide bonds. The third-order valence-corrected chi connectivity index (χ3v) is 5.97. The highest BCUT2D eigenvalue weighted by molar-refractivity contribution is 5.90. The first-order chi connectivity index (χ1) is 17.6. The molecule has 2 aliphatic heterocycles. The summed E-state index contributed by atoms with van der Waals surface area (Å²) in [6.45, 7) is 4.29. The lowest BCUT2D eigenvalue weighted by Gasteiger charge is -2.30. The summed E-state index contributed by atoms with van der Waals surface area (Å²) >= 11 is 0. The maximum absolute atomic E-state index is 13.2. The van der Waals surface area contributed by atoms with Crippen LogP contribution in [0.2, 0.25) is 0 Å². The third kappa shape index (κ3) is 6.88. The van der Waals surface area contributed by atoms with Crippen molar-refractivity contribution in [3.63, 3.8) is 0 Å². The number of hydroxylamine groups is 2. The molecule has 200 valence electrons. The SMILES string of the molecule is CON1C=CC=C(O)C1C(=O)NC1COC(=O)[C@H](Cc2ccccc2)[C@@H](OC(=O)C(C)C)[C@H](C)OC1=O. The Labute approximate surface area is 214 Å². The molecule has 0 radical (unpaired) electrons. The van der Waals surface area contributed by atoms with Crippen molar-refractivity contribution < 1.29 is 43.3 Å². The Morgan fingerprint density at radius 2 is 1.89 bits per heavy atom. The highest BCUT2D eigenvalue weighted by atomic mass is 16.7. The van der Waals surface area contributed by atoms with Gasteiger partial charge in [-0.15, -0.1) is 0 Å². The Morgan fingerprint density at radius 3 is 2.54 bits per heavy atom. The third-order valence-electron chi connectivity index (χ3n) is 5.97. The zero-order valence-electron chi connectivity index (χ0n) is 21.2. The molecule has 37 heavy (non-hydrogen) atoms. The number of aliphatic hydroxyl groups excluding tert-OH is 1. The van der Waals surface area contributed by atoms with Crippen LogP contribution in [0.15, 0.2) is 54.4 Å². The van der Waals surface area contributed by atoms with Crippen molar-refractivity contribution >= 4 is 23.8 Å². The fraction of sp³-hybridized carbons (Fsp3) is 0.462. The number of aliphatic hydroxyl groups is 1. The standard InChI is InChI=1S/C26H32N2O9/c1-15(2)24(31)37-22-16(3)36-26(33)19(27-23(30)21-20(29)11-8-12-28(21)34-4)14-35-25(32)18(22)13-17-9-6-5-7-10-17/h5-12,15-16,18-19,21-22,29H,13-14H2,1-4H3,(H,27,30)/t16-,18+,19?,21?,22-/m0/s1. The van der Waals surface area contributed by atoms with Crippen LogP contribution in [0.4, 0.5) is 0 Å². The molecule has 1 aromatic carbocycles. The average Bonchev–Trinajstić information content (AvgIpc) is 2.90. The molecular formula is C26H32N2O9. The summed E-state index contributed by atoms with van der Waals surface area (Å²) in [7, 11) is 1.31. The highest BCUT2D eigenvalue weighted by Crippen LogP contribution is 2.25. The van der Waals surface area contributed by atoms with E-state index in [0.717, 1.165) is 10.6 Å². The topological polar surface area (TPSA) is 141 Å². The second-order valence-electron chi connectivity index (χ2n) is 9.06. The molecule has 1 aromatic rings. The van der Waals surface area contributed by atoms with E-state index in [1.54, 1.807) is 13.8 Å². The average molecular weight is 517 g/mol. The number of allylic oxidation sites excluding steroid dienone is 2. The lowest BCUT2D eigenvalue weighted by Crippen LogP contribution is -2.53. The number of cyclic esters (lactones) is 2. The molecule has 5 atom stereocenters. The highest BCUT2D eigenvalue weighted by Gasteiger charge is 2.43. The van der Waals surface area contributed by atoms with E-state index in [0.29, 0.717) is 0 Å². The van der Waals surface area contributed by atoms with Crippen LogP contribution in [0.3, 0.4) is 0 Å². The van der Waals surface area contributed by atoms with Crippen molar-refractivity contribution in [3.8, 4) is 0 Å². The van der Waals surface area contributed by atoms with Gasteiger partial charge < -0.3 is 24.6 Å². The molecule has 0 aromatic heterocycles. The van der Waals surface area contributed by atoms with Crippen LogP contribution >= 0.6 is 0 Å². The van der Waals surface area contributed by atoms with E-state index in [1.165, 1.54) is 32.4 Å². The smallest absolute Gasteiger partial charge is 0.332 e. The van der Waals surface area contributed by atoms with Crippen LogP contribution in [0.5, 0.6) is 0 Å². The first kappa shape index (κ1) is 27.7. The predicted octanol–water partition coefficient (Wildman–Crippen LogP) is 1.59. The van der Waals surface area contributed by atoms with Crippen molar-refractivity contribution in [2.45, 2.75) is 51.5 Å². The lowest BCUT2D eigenvalue weighted by atomic mass is 9.91. The largest absolute Gasteiger partial charge is 0.509 e. The summed E-state index contributed by atoms with van der Waals surface area (Å²) < 4.78 is 16.6. The maximum atomic E-state index is 13.2. The van der Waals surface area contributed by atoms with Gasteiger partial charge in [0.1, 0.15) is 24.4 Å². The first-order valence-electron chi connectivity index (χ1n) is 11.9. The molecular weight excluding hydrogens is 484 g/mol. The minimum absolute atomic E-state index is 0.171. The minimum atomic E-state index is -1.38. The molecule has 0 saturated carbocycles. The van der Waals surface area contributed by atoms with Gasteiger partial charge in [0.05, 0.1) is 13.0 Å². The van der Waals surface area contributed by atoms with Crippen LogP contribution in [0.1, 0.15) is 26.3 Å². The van der Waals surface area contributed by atoms with Gasteiger partial charge in [-0.2, -0.15) is 0 Å². The number of ether oxygens (including phenoxy) is 3. The summed E-state index contributed by atoms with van der Waals surface area (Å²) in [4.78, 5) is 56.8. The number of nitrogens with one attached hydrogen (secondary N) is 1. The number of carbonyl (C=O) groups excluding carboxylic acids is 4. The van der Waals surface area contributed by atoms with Gasteiger partial charge in [-0.05, 0) is 31.1 Å². The van der Waals surface area contributed by atoms with E-state index < -0.39 is 66.5 Å². The molecule has 1 saturated heterocycles. The molecule has 2 unspecified atom stereocenters. The van der Waals surface area contributed by atoms with Gasteiger partial charge in [0.2, 0.25) is 0 Å². The number of amides is 1. The van der Waals surface area contributed by atoms with Crippen molar-refractivity contribution in [2.75, 3.05) is 13.7 Å². The predicted molar refractivity (Wildman–Crippen MR) is 129 cm³/mol. The minimum Gasteiger partial charge on any atom is -0.509 e. The van der Waals surface area contributed by atoms with Crippen LogP contribution < -0.4 is 5.32 Å². The summed E-state index contributed by atoms with van der Waals surface area (Å²) in [6.07, 6.45) is 2.23. The molecule has 0 bridgehead atoms. The Morgan fingerprint density at radius 1 is 1.19 bits per heavy atom. The molecule has 11 heteroatoms. The summed E-state index contributed by atoms with van der Waals surface area (Å²) in [5, 5.41) is 13.7. The molecule has 2 aliphatic rings. The van der Waals surface area contributed by atoms with Gasteiger partial charge in [-0.1, -0.05) is 44.2 Å². The first-order valence-corrected chi connectivity index (χ1v) is 11.9. The van der Waals surface area contributed by atoms with Gasteiger partial charge >= 0.3 is 17.9 Å². The summed E-state index contributed by atoms with van der Waals surface area (Å²) in [5.41, 5.74) is 0.796. The quantitative estimate of drug-likeness (QED) is 0.405. The Hall–Kier alpha value is -3.86. The van der Waals surface area contributed by atoms with Crippen molar-refractivity contribution in [1.29, 1.82) is 0 Å².